The zero-order valence-corrected chi connectivity index (χ0v) is 12.1. The highest BCUT2D eigenvalue weighted by Gasteiger charge is 2.48. The fourth-order valence-corrected chi connectivity index (χ4v) is 2.04. The van der Waals surface area contributed by atoms with Gasteiger partial charge in [-0.25, -0.2) is 4.79 Å². The summed E-state index contributed by atoms with van der Waals surface area (Å²) < 4.78 is 43.8. The lowest BCUT2D eigenvalue weighted by Crippen LogP contribution is -2.40. The average molecular weight is 315 g/mol. The second-order valence-electron chi connectivity index (χ2n) is 5.47. The van der Waals surface area contributed by atoms with Gasteiger partial charge in [0.1, 0.15) is 5.75 Å². The molecule has 0 radical (unpaired) electrons. The fourth-order valence-electron chi connectivity index (χ4n) is 2.04. The molecular formula is C15H16F3NO3. The maximum absolute atomic E-state index is 13.0. The molecule has 0 aromatic heterocycles. The van der Waals surface area contributed by atoms with Gasteiger partial charge in [-0.2, -0.15) is 13.2 Å². The van der Waals surface area contributed by atoms with Crippen LogP contribution in [0.15, 0.2) is 23.8 Å². The van der Waals surface area contributed by atoms with Crippen LogP contribution in [-0.2, 0) is 4.79 Å². The smallest absolute Gasteiger partial charge is 0.430 e. The van der Waals surface area contributed by atoms with Gasteiger partial charge in [-0.1, -0.05) is 13.8 Å². The van der Waals surface area contributed by atoms with Gasteiger partial charge in [-0.3, -0.25) is 0 Å². The number of benzene rings is 1. The van der Waals surface area contributed by atoms with Crippen molar-refractivity contribution in [2.75, 3.05) is 11.9 Å². The first-order chi connectivity index (χ1) is 10.2. The molecule has 0 saturated heterocycles. The molecule has 2 N–H and O–H groups in total. The number of nitrogens with one attached hydrogen (secondary N) is 1. The fraction of sp³-hybridized carbons (Fsp3) is 0.400. The van der Waals surface area contributed by atoms with Gasteiger partial charge in [-0.05, 0) is 24.1 Å². The minimum atomic E-state index is -4.79. The largest absolute Gasteiger partial charge is 0.478 e. The van der Waals surface area contributed by atoms with Crippen LogP contribution in [0.1, 0.15) is 19.4 Å². The van der Waals surface area contributed by atoms with E-state index in [1.54, 1.807) is 6.07 Å². The van der Waals surface area contributed by atoms with Crippen LogP contribution in [0.2, 0.25) is 0 Å². The Morgan fingerprint density at radius 2 is 2.09 bits per heavy atom. The van der Waals surface area contributed by atoms with Gasteiger partial charge in [0.15, 0.2) is 0 Å². The van der Waals surface area contributed by atoms with E-state index in [1.165, 1.54) is 12.1 Å². The molecule has 4 nitrogen and oxygen atoms in total. The molecule has 1 atom stereocenters. The first-order valence-corrected chi connectivity index (χ1v) is 6.74. The van der Waals surface area contributed by atoms with Gasteiger partial charge >= 0.3 is 12.1 Å². The summed E-state index contributed by atoms with van der Waals surface area (Å²) in [6, 6.07) is 4.66. The van der Waals surface area contributed by atoms with E-state index in [9.17, 15) is 18.0 Å². The van der Waals surface area contributed by atoms with E-state index >= 15 is 0 Å². The second kappa shape index (κ2) is 5.90. The molecule has 0 aliphatic carbocycles. The molecule has 22 heavy (non-hydrogen) atoms. The Bertz CT molecular complexity index is 609. The van der Waals surface area contributed by atoms with Crippen LogP contribution in [0, 0.1) is 5.92 Å². The molecule has 1 aliphatic heterocycles. The van der Waals surface area contributed by atoms with Gasteiger partial charge in [0.25, 0.3) is 0 Å². The van der Waals surface area contributed by atoms with Crippen molar-refractivity contribution in [3.8, 4) is 5.75 Å². The number of hydrogen-bond donors (Lipinski definition) is 2. The third-order valence-corrected chi connectivity index (χ3v) is 3.11. The monoisotopic (exact) mass is 315 g/mol. The number of carboxylic acid groups (broad SMARTS) is 1. The minimum Gasteiger partial charge on any atom is -0.478 e. The van der Waals surface area contributed by atoms with Gasteiger partial charge in [-0.15, -0.1) is 0 Å². The number of carbonyl (C=O) groups is 1. The van der Waals surface area contributed by atoms with E-state index in [1.807, 2.05) is 13.8 Å². The third-order valence-electron chi connectivity index (χ3n) is 3.11. The lowest BCUT2D eigenvalue weighted by molar-refractivity contribution is -0.187. The number of anilines is 1. The van der Waals surface area contributed by atoms with Crippen LogP contribution in [0.5, 0.6) is 5.75 Å². The molecule has 7 heteroatoms. The topological polar surface area (TPSA) is 58.6 Å². The van der Waals surface area contributed by atoms with E-state index in [2.05, 4.69) is 5.32 Å². The van der Waals surface area contributed by atoms with Crippen molar-refractivity contribution in [3.63, 3.8) is 0 Å². The molecule has 2 rings (SSSR count). The Kier molecular flexibility index (Phi) is 4.35. The van der Waals surface area contributed by atoms with Crippen LogP contribution in [0.4, 0.5) is 18.9 Å². The Morgan fingerprint density at radius 1 is 1.41 bits per heavy atom. The normalized spacial score (nSPS) is 17.5. The van der Waals surface area contributed by atoms with Crippen LogP contribution in [0.3, 0.4) is 0 Å². The molecule has 0 saturated carbocycles. The Morgan fingerprint density at radius 3 is 2.64 bits per heavy atom. The summed E-state index contributed by atoms with van der Waals surface area (Å²) in [5.41, 5.74) is 0.122. The maximum atomic E-state index is 13.0. The van der Waals surface area contributed by atoms with Crippen LogP contribution in [-0.4, -0.2) is 29.9 Å². The second-order valence-corrected chi connectivity index (χ2v) is 5.47. The average Bonchev–Trinajstić information content (AvgIpc) is 2.42. The Balaban J connectivity index is 2.34. The quantitative estimate of drug-likeness (QED) is 0.892. The van der Waals surface area contributed by atoms with Gasteiger partial charge in [0.2, 0.25) is 6.10 Å². The first kappa shape index (κ1) is 16.2. The number of alkyl halides is 3. The van der Waals surface area contributed by atoms with E-state index in [0.717, 1.165) is 6.08 Å². The maximum Gasteiger partial charge on any atom is 0.430 e. The molecule has 1 aromatic carbocycles. The van der Waals surface area contributed by atoms with Crippen molar-refractivity contribution < 1.29 is 27.8 Å². The molecule has 1 unspecified atom stereocenters. The summed E-state index contributed by atoms with van der Waals surface area (Å²) >= 11 is 0. The van der Waals surface area contributed by atoms with Crippen molar-refractivity contribution >= 4 is 17.7 Å². The van der Waals surface area contributed by atoms with Crippen molar-refractivity contribution in [3.05, 3.63) is 29.3 Å². The number of rotatable bonds is 4. The van der Waals surface area contributed by atoms with Crippen molar-refractivity contribution in [2.45, 2.75) is 26.1 Å². The summed E-state index contributed by atoms with van der Waals surface area (Å²) in [7, 11) is 0. The highest BCUT2D eigenvalue weighted by Crippen LogP contribution is 2.38. The number of hydrogen-bond acceptors (Lipinski definition) is 3. The van der Waals surface area contributed by atoms with Crippen LogP contribution < -0.4 is 10.1 Å². The van der Waals surface area contributed by atoms with E-state index < -0.39 is 23.8 Å². The summed E-state index contributed by atoms with van der Waals surface area (Å²) in [5.74, 6) is -1.26. The molecular weight excluding hydrogens is 299 g/mol. The lowest BCUT2D eigenvalue weighted by Gasteiger charge is -2.27. The molecule has 0 spiro atoms. The van der Waals surface area contributed by atoms with E-state index in [4.69, 9.17) is 9.84 Å². The molecule has 1 aliphatic rings. The number of carboxylic acids is 1. The van der Waals surface area contributed by atoms with E-state index in [0.29, 0.717) is 23.7 Å². The predicted molar refractivity (Wildman–Crippen MR) is 75.9 cm³/mol. The number of ether oxygens (including phenoxy) is 1. The molecule has 0 bridgehead atoms. The minimum absolute atomic E-state index is 0.0149. The SMILES string of the molecule is CC(C)CNc1ccc2c(c1)OC(C(F)(F)F)C(C(=O)O)=C2. The van der Waals surface area contributed by atoms with Crippen molar-refractivity contribution in [1.82, 2.24) is 0 Å². The zero-order valence-electron chi connectivity index (χ0n) is 12.1. The summed E-state index contributed by atoms with van der Waals surface area (Å²) in [5, 5.41) is 12.0. The van der Waals surface area contributed by atoms with Gasteiger partial charge in [0.05, 0.1) is 5.57 Å². The number of aliphatic carboxylic acids is 1. The predicted octanol–water partition coefficient (Wildman–Crippen LogP) is 3.55. The van der Waals surface area contributed by atoms with Crippen LogP contribution in [0.25, 0.3) is 6.08 Å². The molecule has 0 amide bonds. The summed E-state index contributed by atoms with van der Waals surface area (Å²) in [4.78, 5) is 11.0. The lowest BCUT2D eigenvalue weighted by atomic mass is 10.0. The summed E-state index contributed by atoms with van der Waals surface area (Å²) in [6.07, 6.45) is -6.24. The molecule has 1 aromatic rings. The van der Waals surface area contributed by atoms with E-state index in [-0.39, 0.29) is 5.75 Å². The summed E-state index contributed by atoms with van der Waals surface area (Å²) in [6.45, 7) is 4.67. The van der Waals surface area contributed by atoms with Gasteiger partial charge < -0.3 is 15.2 Å². The Labute approximate surface area is 125 Å². The third kappa shape index (κ3) is 3.52. The Hall–Kier alpha value is -2.18. The highest BCUT2D eigenvalue weighted by molar-refractivity contribution is 5.95. The number of halogens is 3. The zero-order chi connectivity index (χ0) is 16.5. The van der Waals surface area contributed by atoms with Crippen LogP contribution >= 0.6 is 0 Å². The molecule has 1 heterocycles. The van der Waals surface area contributed by atoms with Gasteiger partial charge in [0, 0.05) is 23.9 Å². The highest BCUT2D eigenvalue weighted by atomic mass is 19.4. The molecule has 0 fully saturated rings. The number of fused-ring (bicyclic) bond motifs is 1. The molecule has 120 valence electrons. The van der Waals surface area contributed by atoms with Crippen molar-refractivity contribution in [1.29, 1.82) is 0 Å². The first-order valence-electron chi connectivity index (χ1n) is 6.74. The van der Waals surface area contributed by atoms with Crippen molar-refractivity contribution in [2.24, 2.45) is 5.92 Å². The standard InChI is InChI=1S/C15H16F3NO3/c1-8(2)7-19-10-4-3-9-5-11(14(20)21)13(15(16,17)18)22-12(9)6-10/h3-6,8,13,19H,7H2,1-2H3,(H,20,21).